The van der Waals surface area contributed by atoms with Crippen LogP contribution >= 0.6 is 11.8 Å². The third kappa shape index (κ3) is 4.56. The van der Waals surface area contributed by atoms with E-state index in [4.69, 9.17) is 0 Å². The molecule has 0 aliphatic heterocycles. The molecule has 1 aromatic carbocycles. The highest BCUT2D eigenvalue weighted by Crippen LogP contribution is 2.15. The van der Waals surface area contributed by atoms with Gasteiger partial charge in [0.05, 0.1) is 5.75 Å². The van der Waals surface area contributed by atoms with Crippen LogP contribution in [0.2, 0.25) is 0 Å². The lowest BCUT2D eigenvalue weighted by atomic mass is 10.1. The van der Waals surface area contributed by atoms with Gasteiger partial charge >= 0.3 is 5.69 Å². The third-order valence-electron chi connectivity index (χ3n) is 2.78. The summed E-state index contributed by atoms with van der Waals surface area (Å²) in [7, 11) is 0. The summed E-state index contributed by atoms with van der Waals surface area (Å²) in [6, 6.07) is 8.38. The van der Waals surface area contributed by atoms with Crippen molar-refractivity contribution in [2.45, 2.75) is 18.9 Å². The summed E-state index contributed by atoms with van der Waals surface area (Å²) in [5.41, 5.74) is 1.48. The number of rotatable bonds is 5. The van der Waals surface area contributed by atoms with Crippen LogP contribution in [0.5, 0.6) is 0 Å². The second-order valence-electron chi connectivity index (χ2n) is 4.68. The van der Waals surface area contributed by atoms with E-state index in [2.05, 4.69) is 15.3 Å². The Morgan fingerprint density at radius 3 is 2.55 bits per heavy atom. The molecule has 0 saturated heterocycles. The molecule has 0 aliphatic carbocycles. The number of Topliss-reactive ketones (excluding diaryl/α,β-unsaturated/α-hetero) is 1. The lowest BCUT2D eigenvalue weighted by Crippen LogP contribution is -2.16. The molecule has 0 bridgehead atoms. The molecule has 2 aromatic rings. The Hall–Kier alpha value is -2.41. The van der Waals surface area contributed by atoms with E-state index in [1.807, 2.05) is 0 Å². The second-order valence-corrected chi connectivity index (χ2v) is 5.67. The quantitative estimate of drug-likeness (QED) is 0.500. The van der Waals surface area contributed by atoms with Crippen molar-refractivity contribution in [3.05, 3.63) is 52.1 Å². The topological polar surface area (TPSA) is 91.9 Å². The van der Waals surface area contributed by atoms with E-state index in [0.717, 1.165) is 0 Å². The van der Waals surface area contributed by atoms with Crippen molar-refractivity contribution in [2.24, 2.45) is 0 Å². The van der Waals surface area contributed by atoms with Gasteiger partial charge in [-0.05, 0) is 44.2 Å². The zero-order valence-electron chi connectivity index (χ0n) is 12.2. The number of nitrogens with zero attached hydrogens (tertiary/aromatic N) is 1. The first-order valence-electron chi connectivity index (χ1n) is 6.55. The lowest BCUT2D eigenvalue weighted by Gasteiger charge is -2.05. The van der Waals surface area contributed by atoms with Gasteiger partial charge in [-0.25, -0.2) is 4.79 Å². The van der Waals surface area contributed by atoms with Crippen molar-refractivity contribution in [3.63, 3.8) is 0 Å². The molecular formula is C15H15N3O3S. The Morgan fingerprint density at radius 1 is 1.27 bits per heavy atom. The number of H-pyrrole nitrogens is 1. The van der Waals surface area contributed by atoms with Crippen LogP contribution in [0.1, 0.15) is 23.0 Å². The van der Waals surface area contributed by atoms with E-state index in [0.29, 0.717) is 22.0 Å². The number of hydrogen-bond donors (Lipinski definition) is 2. The van der Waals surface area contributed by atoms with Crippen molar-refractivity contribution >= 4 is 29.1 Å². The van der Waals surface area contributed by atoms with Gasteiger partial charge in [-0.15, -0.1) is 0 Å². The number of aromatic amines is 1. The van der Waals surface area contributed by atoms with E-state index >= 15 is 0 Å². The summed E-state index contributed by atoms with van der Waals surface area (Å²) in [6.07, 6.45) is 0. The number of ketones is 1. The number of anilines is 1. The molecule has 0 fully saturated rings. The minimum atomic E-state index is -0.428. The molecule has 22 heavy (non-hydrogen) atoms. The molecular weight excluding hydrogens is 302 g/mol. The van der Waals surface area contributed by atoms with Crippen LogP contribution in [-0.4, -0.2) is 27.4 Å². The molecule has 6 nitrogen and oxygen atoms in total. The van der Waals surface area contributed by atoms with Gasteiger partial charge in [-0.2, -0.15) is 4.98 Å². The highest BCUT2D eigenvalue weighted by molar-refractivity contribution is 7.99. The first kappa shape index (κ1) is 16.0. The predicted octanol–water partition coefficient (Wildman–Crippen LogP) is 2.01. The van der Waals surface area contributed by atoms with Crippen molar-refractivity contribution < 1.29 is 9.59 Å². The van der Waals surface area contributed by atoms with Gasteiger partial charge in [0.15, 0.2) is 5.78 Å². The SMILES string of the molecule is CC(=O)c1ccc(NC(=O)CSc2cc(C)[nH]c(=O)n2)cc1. The van der Waals surface area contributed by atoms with Gasteiger partial charge in [0.2, 0.25) is 5.91 Å². The standard InChI is InChI=1S/C15H15N3O3S/c1-9-7-14(18-15(21)16-9)22-8-13(20)17-12-5-3-11(4-6-12)10(2)19/h3-7H,8H2,1-2H3,(H,17,20)(H,16,18,21). The van der Waals surface area contributed by atoms with Crippen LogP contribution in [-0.2, 0) is 4.79 Å². The van der Waals surface area contributed by atoms with E-state index in [-0.39, 0.29) is 17.4 Å². The van der Waals surface area contributed by atoms with Crippen LogP contribution < -0.4 is 11.0 Å². The maximum Gasteiger partial charge on any atom is 0.346 e. The second kappa shape index (κ2) is 7.04. The Morgan fingerprint density at radius 2 is 1.95 bits per heavy atom. The minimum absolute atomic E-state index is 0.0239. The normalized spacial score (nSPS) is 10.3. The van der Waals surface area contributed by atoms with Crippen LogP contribution in [0.3, 0.4) is 0 Å². The number of benzene rings is 1. The molecule has 2 N–H and O–H groups in total. The highest BCUT2D eigenvalue weighted by atomic mass is 32.2. The Kier molecular flexibility index (Phi) is 5.11. The van der Waals surface area contributed by atoms with Crippen molar-refractivity contribution in [1.29, 1.82) is 0 Å². The van der Waals surface area contributed by atoms with Gasteiger partial charge in [0, 0.05) is 16.9 Å². The van der Waals surface area contributed by atoms with E-state index in [1.54, 1.807) is 37.3 Å². The van der Waals surface area contributed by atoms with Crippen LogP contribution in [0.15, 0.2) is 40.2 Å². The molecule has 0 saturated carbocycles. The van der Waals surface area contributed by atoms with Gasteiger partial charge in [0.25, 0.3) is 0 Å². The smallest absolute Gasteiger partial charge is 0.325 e. The summed E-state index contributed by atoms with van der Waals surface area (Å²) in [6.45, 7) is 3.24. The summed E-state index contributed by atoms with van der Waals surface area (Å²) in [4.78, 5) is 40.6. The predicted molar refractivity (Wildman–Crippen MR) is 85.4 cm³/mol. The largest absolute Gasteiger partial charge is 0.346 e. The zero-order chi connectivity index (χ0) is 16.1. The average molecular weight is 317 g/mol. The lowest BCUT2D eigenvalue weighted by molar-refractivity contribution is -0.113. The van der Waals surface area contributed by atoms with E-state index in [1.165, 1.54) is 18.7 Å². The van der Waals surface area contributed by atoms with Gasteiger partial charge in [0.1, 0.15) is 5.03 Å². The van der Waals surface area contributed by atoms with Crippen LogP contribution in [0.4, 0.5) is 5.69 Å². The fraction of sp³-hybridized carbons (Fsp3) is 0.200. The Balaban J connectivity index is 1.92. The van der Waals surface area contributed by atoms with Gasteiger partial charge in [-0.1, -0.05) is 11.8 Å². The maximum atomic E-state index is 11.9. The number of nitrogens with one attached hydrogen (secondary N) is 2. The number of aryl methyl sites for hydroxylation is 1. The highest BCUT2D eigenvalue weighted by Gasteiger charge is 2.06. The van der Waals surface area contributed by atoms with Gasteiger partial charge in [-0.3, -0.25) is 9.59 Å². The number of amides is 1. The number of hydrogen-bond acceptors (Lipinski definition) is 5. The fourth-order valence-corrected chi connectivity index (χ4v) is 2.51. The van der Waals surface area contributed by atoms with Crippen molar-refractivity contribution in [2.75, 3.05) is 11.1 Å². The minimum Gasteiger partial charge on any atom is -0.325 e. The average Bonchev–Trinajstić information content (AvgIpc) is 2.45. The molecule has 0 aliphatic rings. The molecule has 1 amide bonds. The molecule has 1 heterocycles. The first-order chi connectivity index (χ1) is 10.4. The van der Waals surface area contributed by atoms with E-state index in [9.17, 15) is 14.4 Å². The fourth-order valence-electron chi connectivity index (χ4n) is 1.75. The van der Waals surface area contributed by atoms with Crippen LogP contribution in [0.25, 0.3) is 0 Å². The molecule has 114 valence electrons. The molecule has 1 aromatic heterocycles. The molecule has 0 radical (unpaired) electrons. The number of carbonyl (C=O) groups excluding carboxylic acids is 2. The maximum absolute atomic E-state index is 11.9. The first-order valence-corrected chi connectivity index (χ1v) is 7.54. The molecule has 0 atom stereocenters. The monoisotopic (exact) mass is 317 g/mol. The Labute approximate surface area is 131 Å². The van der Waals surface area contributed by atoms with Crippen molar-refractivity contribution in [3.8, 4) is 0 Å². The third-order valence-corrected chi connectivity index (χ3v) is 3.69. The molecule has 0 spiro atoms. The van der Waals surface area contributed by atoms with Crippen molar-refractivity contribution in [1.82, 2.24) is 9.97 Å². The number of carbonyl (C=O) groups is 2. The molecule has 0 unspecified atom stereocenters. The summed E-state index contributed by atoms with van der Waals surface area (Å²) in [5, 5.41) is 3.23. The molecule has 7 heteroatoms. The van der Waals surface area contributed by atoms with E-state index < -0.39 is 5.69 Å². The summed E-state index contributed by atoms with van der Waals surface area (Å²) < 4.78 is 0. The summed E-state index contributed by atoms with van der Waals surface area (Å²) in [5.74, 6) is -0.0888. The van der Waals surface area contributed by atoms with Gasteiger partial charge < -0.3 is 10.3 Å². The Bertz CT molecular complexity index is 753. The van der Waals surface area contributed by atoms with Crippen LogP contribution in [0, 0.1) is 6.92 Å². The number of aromatic nitrogens is 2. The number of thioether (sulfide) groups is 1. The summed E-state index contributed by atoms with van der Waals surface area (Å²) >= 11 is 1.19. The zero-order valence-corrected chi connectivity index (χ0v) is 13.0. The molecule has 2 rings (SSSR count).